The molecular formula is C31H34N6O5S2. The Balaban J connectivity index is 1.21. The van der Waals surface area contributed by atoms with Gasteiger partial charge < -0.3 is 5.32 Å². The van der Waals surface area contributed by atoms with Gasteiger partial charge in [-0.2, -0.15) is 0 Å². The van der Waals surface area contributed by atoms with E-state index in [1.54, 1.807) is 18.5 Å². The van der Waals surface area contributed by atoms with Gasteiger partial charge in [0.2, 0.25) is 19.9 Å². The number of sulfonamides is 1. The molecule has 3 heterocycles. The van der Waals surface area contributed by atoms with Gasteiger partial charge in [0.05, 0.1) is 23.0 Å². The highest BCUT2D eigenvalue weighted by molar-refractivity contribution is 7.92. The minimum absolute atomic E-state index is 0.00303. The molecule has 0 spiro atoms. The SMILES string of the molecule is Cc1ccc(NC(=O)N(c2ccccc2)C2CCN(Cc3ccc(S(=O)(=O)c4ccc(NS(C)(=O)=O)cc4)nc3)CC2)cn1. The molecule has 13 heteroatoms. The first kappa shape index (κ1) is 31.1. The molecule has 0 aliphatic carbocycles. The summed E-state index contributed by atoms with van der Waals surface area (Å²) < 4.78 is 51.3. The Morgan fingerprint density at radius 3 is 2.14 bits per heavy atom. The smallest absolute Gasteiger partial charge is 0.306 e. The van der Waals surface area contributed by atoms with Crippen molar-refractivity contribution in [3.8, 4) is 0 Å². The van der Waals surface area contributed by atoms with Crippen molar-refractivity contribution in [2.75, 3.05) is 34.3 Å². The number of aromatic nitrogens is 2. The van der Waals surface area contributed by atoms with E-state index in [2.05, 4.69) is 24.9 Å². The van der Waals surface area contributed by atoms with E-state index >= 15 is 0 Å². The average Bonchev–Trinajstić information content (AvgIpc) is 3.00. The number of hydrogen-bond donors (Lipinski definition) is 2. The maximum atomic E-state index is 13.4. The van der Waals surface area contributed by atoms with Crippen LogP contribution in [0.4, 0.5) is 21.9 Å². The van der Waals surface area contributed by atoms with Crippen LogP contribution in [0.15, 0.2) is 101 Å². The van der Waals surface area contributed by atoms with Crippen LogP contribution in [0.5, 0.6) is 0 Å². The van der Waals surface area contributed by atoms with E-state index in [0.717, 1.165) is 49.1 Å². The number of anilines is 3. The third kappa shape index (κ3) is 7.78. The van der Waals surface area contributed by atoms with Crippen LogP contribution >= 0.6 is 0 Å². The number of nitrogens with one attached hydrogen (secondary N) is 2. The Kier molecular flexibility index (Phi) is 9.28. The zero-order valence-electron chi connectivity index (χ0n) is 24.4. The average molecular weight is 635 g/mol. The Morgan fingerprint density at radius 2 is 1.55 bits per heavy atom. The van der Waals surface area contributed by atoms with Crippen LogP contribution in [0, 0.1) is 6.92 Å². The van der Waals surface area contributed by atoms with Gasteiger partial charge in [0.15, 0.2) is 5.03 Å². The largest absolute Gasteiger partial charge is 0.326 e. The van der Waals surface area contributed by atoms with Gasteiger partial charge in [0, 0.05) is 48.9 Å². The van der Waals surface area contributed by atoms with Crippen LogP contribution in [-0.2, 0) is 26.4 Å². The summed E-state index contributed by atoms with van der Waals surface area (Å²) in [6.07, 6.45) is 5.77. The van der Waals surface area contributed by atoms with Crippen molar-refractivity contribution in [3.63, 3.8) is 0 Å². The summed E-state index contributed by atoms with van der Waals surface area (Å²) in [5.74, 6) is 0. The third-order valence-corrected chi connectivity index (χ3v) is 9.58. The van der Waals surface area contributed by atoms with Crippen LogP contribution in [0.3, 0.4) is 0 Å². The van der Waals surface area contributed by atoms with Gasteiger partial charge in [-0.3, -0.25) is 19.5 Å². The Hall–Kier alpha value is -4.33. The molecule has 0 saturated carbocycles. The van der Waals surface area contributed by atoms with Crippen LogP contribution in [-0.4, -0.2) is 63.1 Å². The van der Waals surface area contributed by atoms with Gasteiger partial charge >= 0.3 is 6.03 Å². The summed E-state index contributed by atoms with van der Waals surface area (Å²) in [7, 11) is -7.34. The second-order valence-electron chi connectivity index (χ2n) is 10.7. The van der Waals surface area contributed by atoms with Gasteiger partial charge in [-0.1, -0.05) is 24.3 Å². The van der Waals surface area contributed by atoms with E-state index in [4.69, 9.17) is 0 Å². The van der Waals surface area contributed by atoms with Gasteiger partial charge in [0.25, 0.3) is 0 Å². The molecule has 0 radical (unpaired) electrons. The van der Waals surface area contributed by atoms with Crippen molar-refractivity contribution >= 4 is 43.0 Å². The molecule has 1 aliphatic rings. The molecule has 1 aliphatic heterocycles. The summed E-state index contributed by atoms with van der Waals surface area (Å²) in [6, 6.07) is 21.8. The van der Waals surface area contributed by atoms with Gasteiger partial charge in [-0.25, -0.2) is 26.6 Å². The fourth-order valence-corrected chi connectivity index (χ4v) is 6.84. The lowest BCUT2D eigenvalue weighted by molar-refractivity contribution is 0.199. The molecule has 4 aromatic rings. The number of rotatable bonds is 9. The van der Waals surface area contributed by atoms with Crippen LogP contribution < -0.4 is 14.9 Å². The maximum Gasteiger partial charge on any atom is 0.326 e. The number of carbonyl (C=O) groups excluding carboxylic acids is 1. The summed E-state index contributed by atoms with van der Waals surface area (Å²) in [5.41, 5.74) is 3.48. The first-order valence-electron chi connectivity index (χ1n) is 14.1. The van der Waals surface area contributed by atoms with Crippen molar-refractivity contribution in [1.29, 1.82) is 0 Å². The number of likely N-dealkylation sites (tertiary alicyclic amines) is 1. The number of sulfone groups is 1. The second-order valence-corrected chi connectivity index (χ2v) is 14.4. The van der Waals surface area contributed by atoms with Crippen LogP contribution in [0.2, 0.25) is 0 Å². The highest BCUT2D eigenvalue weighted by Gasteiger charge is 2.29. The van der Waals surface area contributed by atoms with Gasteiger partial charge in [-0.15, -0.1) is 0 Å². The lowest BCUT2D eigenvalue weighted by Crippen LogP contribution is -2.49. The Morgan fingerprint density at radius 1 is 0.864 bits per heavy atom. The molecule has 5 rings (SSSR count). The number of amides is 2. The molecular weight excluding hydrogens is 601 g/mol. The minimum Gasteiger partial charge on any atom is -0.306 e. The maximum absolute atomic E-state index is 13.4. The molecule has 0 bridgehead atoms. The number of pyridine rings is 2. The van der Waals surface area contributed by atoms with Crippen LogP contribution in [0.25, 0.3) is 0 Å². The van der Waals surface area contributed by atoms with Crippen molar-refractivity contribution in [2.24, 2.45) is 0 Å². The lowest BCUT2D eigenvalue weighted by atomic mass is 10.0. The zero-order chi connectivity index (χ0) is 31.3. The van der Waals surface area contributed by atoms with E-state index in [9.17, 15) is 21.6 Å². The fraction of sp³-hybridized carbons (Fsp3) is 0.258. The number of hydrogen-bond acceptors (Lipinski definition) is 8. The predicted octanol–water partition coefficient (Wildman–Crippen LogP) is 4.69. The number of carbonyl (C=O) groups is 1. The number of nitrogens with zero attached hydrogens (tertiary/aromatic N) is 4. The Labute approximate surface area is 257 Å². The zero-order valence-corrected chi connectivity index (χ0v) is 26.1. The van der Waals surface area contributed by atoms with Crippen molar-refractivity contribution in [2.45, 2.75) is 42.3 Å². The molecule has 2 aromatic carbocycles. The molecule has 11 nitrogen and oxygen atoms in total. The summed E-state index contributed by atoms with van der Waals surface area (Å²) in [4.78, 5) is 26.1. The normalized spacial score (nSPS) is 14.6. The molecule has 230 valence electrons. The molecule has 0 atom stereocenters. The first-order chi connectivity index (χ1) is 21.0. The molecule has 2 aromatic heterocycles. The van der Waals surface area contributed by atoms with E-state index in [1.807, 2.05) is 54.3 Å². The lowest BCUT2D eigenvalue weighted by Gasteiger charge is -2.38. The fourth-order valence-electron chi connectivity index (χ4n) is 5.10. The van der Waals surface area contributed by atoms with Gasteiger partial charge in [0.1, 0.15) is 0 Å². The quantitative estimate of drug-likeness (QED) is 0.270. The van der Waals surface area contributed by atoms with E-state index < -0.39 is 19.9 Å². The van der Waals surface area contributed by atoms with Crippen molar-refractivity contribution < 1.29 is 21.6 Å². The molecule has 44 heavy (non-hydrogen) atoms. The number of aryl methyl sites for hydroxylation is 1. The van der Waals surface area contributed by atoms with Crippen molar-refractivity contribution in [1.82, 2.24) is 14.9 Å². The number of piperidine rings is 1. The van der Waals surface area contributed by atoms with E-state index in [1.165, 1.54) is 30.3 Å². The van der Waals surface area contributed by atoms with Crippen LogP contribution in [0.1, 0.15) is 24.1 Å². The van der Waals surface area contributed by atoms with E-state index in [-0.39, 0.29) is 27.7 Å². The number of benzene rings is 2. The molecule has 0 unspecified atom stereocenters. The number of para-hydroxylation sites is 1. The third-order valence-electron chi connectivity index (χ3n) is 7.29. The summed E-state index contributed by atoms with van der Waals surface area (Å²) >= 11 is 0. The molecule has 2 amide bonds. The van der Waals surface area contributed by atoms with E-state index in [0.29, 0.717) is 12.2 Å². The topological polar surface area (TPSA) is 142 Å². The summed E-state index contributed by atoms with van der Waals surface area (Å²) in [5, 5.41) is 2.90. The highest BCUT2D eigenvalue weighted by Crippen LogP contribution is 2.26. The van der Waals surface area contributed by atoms with Gasteiger partial charge in [-0.05, 0) is 79.9 Å². The highest BCUT2D eigenvalue weighted by atomic mass is 32.2. The Bertz CT molecular complexity index is 1790. The predicted molar refractivity (Wildman–Crippen MR) is 170 cm³/mol. The molecule has 1 saturated heterocycles. The van der Waals surface area contributed by atoms with Crippen molar-refractivity contribution in [3.05, 3.63) is 103 Å². The molecule has 1 fully saturated rings. The monoisotopic (exact) mass is 634 g/mol. The minimum atomic E-state index is -3.87. The standard InChI is InChI=1S/C31H34N6O5S2/c1-23-8-10-26(21-32-23)34-31(38)37(27-6-4-3-5-7-27)28-16-18-36(19-17-28)22-24-9-15-30(33-20-24)44(41,42)29-13-11-25(12-14-29)35-43(2,39)40/h3-15,20-21,28,35H,16-19,22H2,1-2H3,(H,34,38). The number of urea groups is 1. The summed E-state index contributed by atoms with van der Waals surface area (Å²) in [6.45, 7) is 3.99. The second kappa shape index (κ2) is 13.1. The molecule has 2 N–H and O–H groups in total. The first-order valence-corrected chi connectivity index (χ1v) is 17.4.